The third-order valence-corrected chi connectivity index (χ3v) is 2.23. The Morgan fingerprint density at radius 2 is 2.08 bits per heavy atom. The molecule has 0 unspecified atom stereocenters. The van der Waals surface area contributed by atoms with E-state index in [2.05, 4.69) is 0 Å². The normalized spacial score (nSPS) is 13.0. The quantitative estimate of drug-likeness (QED) is 0.755. The molecule has 72 valence electrons. The first kappa shape index (κ1) is 10.7. The minimum Gasteiger partial charge on any atom is -0.394 e. The van der Waals surface area contributed by atoms with Crippen LogP contribution in [0, 0.1) is 5.82 Å². The van der Waals surface area contributed by atoms with Gasteiger partial charge in [-0.15, -0.1) is 0 Å². The highest BCUT2D eigenvalue weighted by Gasteiger charge is 2.13. The van der Waals surface area contributed by atoms with E-state index in [1.807, 2.05) is 0 Å². The molecule has 0 saturated heterocycles. The maximum Gasteiger partial charge on any atom is 0.143 e. The molecule has 0 radical (unpaired) electrons. The lowest BCUT2D eigenvalue weighted by Crippen LogP contribution is -2.15. The number of aliphatic hydroxyl groups is 1. The largest absolute Gasteiger partial charge is 0.394 e. The van der Waals surface area contributed by atoms with Gasteiger partial charge in [-0.05, 0) is 17.7 Å². The number of benzene rings is 1. The third kappa shape index (κ3) is 2.31. The summed E-state index contributed by atoms with van der Waals surface area (Å²) >= 11 is 11.2. The lowest BCUT2D eigenvalue weighted by molar-refractivity contribution is 0.268. The highest BCUT2D eigenvalue weighted by Crippen LogP contribution is 2.28. The fraction of sp³-hybridized carbons (Fsp3) is 0.250. The zero-order chi connectivity index (χ0) is 10.0. The molecule has 0 saturated carbocycles. The standard InChI is InChI=1S/C8H8Cl2FNO/c9-4-1-5(7(12)3-13)8(10)6(11)2-4/h1-2,7,13H,3,12H2/t7-/m0/s1. The van der Waals surface area contributed by atoms with Crippen LogP contribution in [-0.4, -0.2) is 11.7 Å². The van der Waals surface area contributed by atoms with Crippen LogP contribution in [0.5, 0.6) is 0 Å². The maximum atomic E-state index is 13.0. The minimum atomic E-state index is -0.708. The molecule has 1 atom stereocenters. The number of halogens is 3. The van der Waals surface area contributed by atoms with Crippen LogP contribution in [0.15, 0.2) is 12.1 Å². The molecule has 0 amide bonds. The molecule has 3 N–H and O–H groups in total. The van der Waals surface area contributed by atoms with Crippen LogP contribution in [0.1, 0.15) is 11.6 Å². The number of rotatable bonds is 2. The van der Waals surface area contributed by atoms with Crippen LogP contribution in [-0.2, 0) is 0 Å². The molecule has 1 aromatic rings. The summed E-state index contributed by atoms with van der Waals surface area (Å²) in [5.74, 6) is -0.631. The van der Waals surface area contributed by atoms with E-state index in [1.165, 1.54) is 6.07 Å². The van der Waals surface area contributed by atoms with Crippen molar-refractivity contribution in [3.05, 3.63) is 33.6 Å². The summed E-state index contributed by atoms with van der Waals surface area (Å²) < 4.78 is 13.0. The van der Waals surface area contributed by atoms with E-state index in [1.54, 1.807) is 0 Å². The highest BCUT2D eigenvalue weighted by molar-refractivity contribution is 6.33. The predicted molar refractivity (Wildman–Crippen MR) is 50.4 cm³/mol. The van der Waals surface area contributed by atoms with Gasteiger partial charge in [0.2, 0.25) is 0 Å². The molecule has 0 bridgehead atoms. The van der Waals surface area contributed by atoms with E-state index in [-0.39, 0.29) is 16.7 Å². The van der Waals surface area contributed by atoms with Crippen LogP contribution in [0.4, 0.5) is 4.39 Å². The Balaban J connectivity index is 3.20. The van der Waals surface area contributed by atoms with Crippen LogP contribution in [0.2, 0.25) is 10.0 Å². The minimum absolute atomic E-state index is 0.0917. The van der Waals surface area contributed by atoms with Crippen molar-refractivity contribution in [1.29, 1.82) is 0 Å². The van der Waals surface area contributed by atoms with Crippen molar-refractivity contribution in [2.45, 2.75) is 6.04 Å². The summed E-state index contributed by atoms with van der Waals surface area (Å²) in [7, 11) is 0. The molecule has 13 heavy (non-hydrogen) atoms. The van der Waals surface area contributed by atoms with Gasteiger partial charge in [0.15, 0.2) is 0 Å². The summed E-state index contributed by atoms with van der Waals surface area (Å²) in [4.78, 5) is 0. The topological polar surface area (TPSA) is 46.2 Å². The summed E-state index contributed by atoms with van der Waals surface area (Å²) in [5.41, 5.74) is 5.79. The van der Waals surface area contributed by atoms with Crippen molar-refractivity contribution >= 4 is 23.2 Å². The molecule has 0 aromatic heterocycles. The van der Waals surface area contributed by atoms with Gasteiger partial charge in [0.25, 0.3) is 0 Å². The van der Waals surface area contributed by atoms with Gasteiger partial charge in [0, 0.05) is 5.02 Å². The number of hydrogen-bond donors (Lipinski definition) is 2. The van der Waals surface area contributed by atoms with Crippen molar-refractivity contribution in [2.75, 3.05) is 6.61 Å². The molecule has 0 aliphatic carbocycles. The summed E-state index contributed by atoms with van der Waals surface area (Å²) in [6.07, 6.45) is 0. The van der Waals surface area contributed by atoms with Crippen LogP contribution in [0.25, 0.3) is 0 Å². The summed E-state index contributed by atoms with van der Waals surface area (Å²) in [6, 6.07) is 1.83. The lowest BCUT2D eigenvalue weighted by Gasteiger charge is -2.11. The number of aliphatic hydroxyl groups excluding tert-OH is 1. The van der Waals surface area contributed by atoms with E-state index in [9.17, 15) is 4.39 Å². The second-order valence-corrected chi connectivity index (χ2v) is 3.39. The average molecular weight is 224 g/mol. The van der Waals surface area contributed by atoms with Gasteiger partial charge in [0.1, 0.15) is 5.82 Å². The maximum absolute atomic E-state index is 13.0. The van der Waals surface area contributed by atoms with Crippen LogP contribution < -0.4 is 5.73 Å². The fourth-order valence-electron chi connectivity index (χ4n) is 0.944. The Kier molecular flexibility index (Phi) is 3.50. The first-order valence-electron chi connectivity index (χ1n) is 3.57. The molecule has 0 spiro atoms. The monoisotopic (exact) mass is 223 g/mol. The SMILES string of the molecule is N[C@@H](CO)c1cc(Cl)cc(F)c1Cl. The molecule has 1 rings (SSSR count). The summed E-state index contributed by atoms with van der Waals surface area (Å²) in [5, 5.41) is 8.86. The average Bonchev–Trinajstić information content (AvgIpc) is 2.10. The first-order chi connectivity index (χ1) is 6.06. The van der Waals surface area contributed by atoms with E-state index in [0.717, 1.165) is 6.07 Å². The second kappa shape index (κ2) is 4.24. The van der Waals surface area contributed by atoms with Gasteiger partial charge in [-0.2, -0.15) is 0 Å². The molecular formula is C8H8Cl2FNO. The molecule has 0 aliphatic rings. The first-order valence-corrected chi connectivity index (χ1v) is 4.32. The Labute approximate surface area is 85.1 Å². The van der Waals surface area contributed by atoms with E-state index >= 15 is 0 Å². The van der Waals surface area contributed by atoms with Gasteiger partial charge < -0.3 is 10.8 Å². The number of nitrogens with two attached hydrogens (primary N) is 1. The van der Waals surface area contributed by atoms with Gasteiger partial charge >= 0.3 is 0 Å². The van der Waals surface area contributed by atoms with Gasteiger partial charge in [-0.25, -0.2) is 4.39 Å². The zero-order valence-electron chi connectivity index (χ0n) is 6.60. The van der Waals surface area contributed by atoms with Crippen LogP contribution in [0.3, 0.4) is 0 Å². The molecular weight excluding hydrogens is 216 g/mol. The van der Waals surface area contributed by atoms with Crippen molar-refractivity contribution < 1.29 is 9.50 Å². The van der Waals surface area contributed by atoms with E-state index < -0.39 is 11.9 Å². The highest BCUT2D eigenvalue weighted by atomic mass is 35.5. The number of hydrogen-bond acceptors (Lipinski definition) is 2. The van der Waals surface area contributed by atoms with Gasteiger partial charge in [0.05, 0.1) is 17.7 Å². The van der Waals surface area contributed by atoms with Crippen LogP contribution >= 0.6 is 23.2 Å². The molecule has 0 aliphatic heterocycles. The Hall–Kier alpha value is -0.350. The lowest BCUT2D eigenvalue weighted by atomic mass is 10.1. The van der Waals surface area contributed by atoms with Crippen molar-refractivity contribution in [3.8, 4) is 0 Å². The van der Waals surface area contributed by atoms with Gasteiger partial charge in [-0.1, -0.05) is 23.2 Å². The smallest absolute Gasteiger partial charge is 0.143 e. The molecule has 2 nitrogen and oxygen atoms in total. The van der Waals surface area contributed by atoms with Crippen molar-refractivity contribution in [3.63, 3.8) is 0 Å². The molecule has 5 heteroatoms. The third-order valence-electron chi connectivity index (χ3n) is 1.62. The molecule has 0 heterocycles. The molecule has 1 aromatic carbocycles. The van der Waals surface area contributed by atoms with E-state index in [4.69, 9.17) is 34.0 Å². The second-order valence-electron chi connectivity index (χ2n) is 2.58. The van der Waals surface area contributed by atoms with Crippen molar-refractivity contribution in [2.24, 2.45) is 5.73 Å². The van der Waals surface area contributed by atoms with E-state index in [0.29, 0.717) is 5.56 Å². The Morgan fingerprint density at radius 1 is 1.46 bits per heavy atom. The Morgan fingerprint density at radius 3 is 2.62 bits per heavy atom. The van der Waals surface area contributed by atoms with Crippen molar-refractivity contribution in [1.82, 2.24) is 0 Å². The fourth-order valence-corrected chi connectivity index (χ4v) is 1.41. The van der Waals surface area contributed by atoms with Gasteiger partial charge in [-0.3, -0.25) is 0 Å². The summed E-state index contributed by atoms with van der Waals surface area (Å²) in [6.45, 7) is -0.306. The predicted octanol–water partition coefficient (Wildman–Crippen LogP) is 2.12. The zero-order valence-corrected chi connectivity index (χ0v) is 8.11. The Bertz CT molecular complexity index is 319. The molecule has 0 fully saturated rings.